The third-order valence-electron chi connectivity index (χ3n) is 1.49. The second-order valence-corrected chi connectivity index (χ2v) is 4.20. The molecule has 0 atom stereocenters. The van der Waals surface area contributed by atoms with Crippen LogP contribution in [0.15, 0.2) is 17.0 Å². The molecule has 6 heteroatoms. The van der Waals surface area contributed by atoms with Gasteiger partial charge in [0.05, 0.1) is 0 Å². The Bertz CT molecular complexity index is 438. The Morgan fingerprint density at radius 1 is 1.58 bits per heavy atom. The molecule has 2 N–H and O–H groups in total. The van der Waals surface area contributed by atoms with Gasteiger partial charge in [-0.3, -0.25) is 0 Å². The van der Waals surface area contributed by atoms with Crippen molar-refractivity contribution in [2.45, 2.75) is 0 Å². The van der Waals surface area contributed by atoms with Crippen molar-refractivity contribution in [2.75, 3.05) is 5.73 Å². The third kappa shape index (κ3) is 1.09. The highest BCUT2D eigenvalue weighted by molar-refractivity contribution is 14.1. The molecule has 2 rings (SSSR count). The molecule has 0 amide bonds. The molecule has 0 unspecified atom stereocenters. The van der Waals surface area contributed by atoms with E-state index in [0.29, 0.717) is 5.82 Å². The van der Waals surface area contributed by atoms with E-state index in [4.69, 9.17) is 5.73 Å². The molecule has 0 bridgehead atoms. The summed E-state index contributed by atoms with van der Waals surface area (Å²) in [6, 6.07) is 1.95. The minimum Gasteiger partial charge on any atom is -0.382 e. The van der Waals surface area contributed by atoms with E-state index in [1.807, 2.05) is 6.07 Å². The normalized spacial score (nSPS) is 10.8. The van der Waals surface area contributed by atoms with Crippen molar-refractivity contribution >= 4 is 49.9 Å². The molecule has 0 fully saturated rings. The van der Waals surface area contributed by atoms with Crippen LogP contribution in [0.2, 0.25) is 0 Å². The first-order valence-corrected chi connectivity index (χ1v) is 5.00. The van der Waals surface area contributed by atoms with Gasteiger partial charge in [-0.25, -0.2) is 9.50 Å². The zero-order valence-electron chi connectivity index (χ0n) is 5.83. The molecule has 2 aromatic heterocycles. The van der Waals surface area contributed by atoms with Crippen LogP contribution in [-0.2, 0) is 0 Å². The van der Waals surface area contributed by atoms with Crippen molar-refractivity contribution in [2.24, 2.45) is 0 Å². The molecule has 0 aliphatic heterocycles. The lowest BCUT2D eigenvalue weighted by Gasteiger charge is -1.96. The summed E-state index contributed by atoms with van der Waals surface area (Å²) in [5.74, 6) is 0.500. The highest BCUT2D eigenvalue weighted by Gasteiger charge is 2.08. The molecule has 0 aromatic carbocycles. The van der Waals surface area contributed by atoms with Gasteiger partial charge in [-0.2, -0.15) is 5.10 Å². The number of hydrogen-bond donors (Lipinski definition) is 1. The second-order valence-electron chi connectivity index (χ2n) is 2.22. The van der Waals surface area contributed by atoms with Gasteiger partial charge >= 0.3 is 0 Å². The molecule has 62 valence electrons. The Morgan fingerprint density at radius 3 is 3.00 bits per heavy atom. The Balaban J connectivity index is 2.99. The average Bonchev–Trinajstić information content (AvgIpc) is 2.29. The number of rotatable bonds is 0. The summed E-state index contributed by atoms with van der Waals surface area (Å²) < 4.78 is 3.64. The van der Waals surface area contributed by atoms with Crippen LogP contribution < -0.4 is 5.73 Å². The minimum absolute atomic E-state index is 0.500. The fourth-order valence-corrected chi connectivity index (χ4v) is 2.71. The van der Waals surface area contributed by atoms with E-state index in [1.165, 1.54) is 6.33 Å². The number of nitrogens with zero attached hydrogens (tertiary/aromatic N) is 3. The molecule has 4 nitrogen and oxygen atoms in total. The minimum atomic E-state index is 0.500. The highest BCUT2D eigenvalue weighted by Crippen LogP contribution is 2.24. The second kappa shape index (κ2) is 2.84. The zero-order valence-corrected chi connectivity index (χ0v) is 9.57. The topological polar surface area (TPSA) is 56.2 Å². The maximum Gasteiger partial charge on any atom is 0.152 e. The summed E-state index contributed by atoms with van der Waals surface area (Å²) >= 11 is 5.56. The van der Waals surface area contributed by atoms with E-state index in [0.717, 1.165) is 13.7 Å². The summed E-state index contributed by atoms with van der Waals surface area (Å²) in [4.78, 5) is 3.90. The van der Waals surface area contributed by atoms with Gasteiger partial charge in [0.2, 0.25) is 0 Å². The van der Waals surface area contributed by atoms with Crippen LogP contribution in [0.4, 0.5) is 5.82 Å². The fraction of sp³-hybridized carbons (Fsp3) is 0. The molecule has 0 saturated carbocycles. The van der Waals surface area contributed by atoms with Crippen molar-refractivity contribution in [3.8, 4) is 0 Å². The van der Waals surface area contributed by atoms with Crippen LogP contribution in [-0.4, -0.2) is 14.6 Å². The van der Waals surface area contributed by atoms with E-state index in [-0.39, 0.29) is 0 Å². The molecule has 2 heterocycles. The monoisotopic (exact) mass is 338 g/mol. The van der Waals surface area contributed by atoms with E-state index >= 15 is 0 Å². The van der Waals surface area contributed by atoms with Gasteiger partial charge < -0.3 is 5.73 Å². The van der Waals surface area contributed by atoms with Gasteiger partial charge in [0.1, 0.15) is 16.4 Å². The van der Waals surface area contributed by atoms with Gasteiger partial charge in [0.25, 0.3) is 0 Å². The lowest BCUT2D eigenvalue weighted by Crippen LogP contribution is -1.99. The number of nitrogen functional groups attached to an aromatic ring is 1. The molecule has 0 aliphatic carbocycles. The van der Waals surface area contributed by atoms with Gasteiger partial charge in [-0.15, -0.1) is 0 Å². The maximum absolute atomic E-state index is 5.67. The van der Waals surface area contributed by atoms with Crippen molar-refractivity contribution in [1.82, 2.24) is 14.6 Å². The first-order chi connectivity index (χ1) is 5.70. The first-order valence-electron chi connectivity index (χ1n) is 3.13. The quantitative estimate of drug-likeness (QED) is 0.743. The Kier molecular flexibility index (Phi) is 1.95. The van der Waals surface area contributed by atoms with Crippen LogP contribution in [0.25, 0.3) is 5.52 Å². The third-order valence-corrected chi connectivity index (χ3v) is 2.88. The van der Waals surface area contributed by atoms with Crippen LogP contribution in [0.1, 0.15) is 0 Å². The predicted molar refractivity (Wildman–Crippen MR) is 57.8 cm³/mol. The lowest BCUT2D eigenvalue weighted by molar-refractivity contribution is 0.889. The van der Waals surface area contributed by atoms with Gasteiger partial charge in [0, 0.05) is 3.57 Å². The van der Waals surface area contributed by atoms with Crippen molar-refractivity contribution < 1.29 is 0 Å². The zero-order chi connectivity index (χ0) is 8.72. The van der Waals surface area contributed by atoms with Crippen molar-refractivity contribution in [3.05, 3.63) is 20.6 Å². The van der Waals surface area contributed by atoms with Crippen LogP contribution in [0.3, 0.4) is 0 Å². The van der Waals surface area contributed by atoms with Gasteiger partial charge in [-0.05, 0) is 44.6 Å². The number of anilines is 1. The summed E-state index contributed by atoms with van der Waals surface area (Å²) in [6.07, 6.45) is 1.43. The molecule has 0 aliphatic rings. The molecule has 12 heavy (non-hydrogen) atoms. The molecule has 2 aromatic rings. The molecular formula is C6H4BrIN4. The number of hydrogen-bond acceptors (Lipinski definition) is 3. The Labute approximate surface area is 90.4 Å². The SMILES string of the molecule is Nc1ncnn2c(Br)cc(I)c12. The van der Waals surface area contributed by atoms with Gasteiger partial charge in [0.15, 0.2) is 5.82 Å². The fourth-order valence-electron chi connectivity index (χ4n) is 0.987. The van der Waals surface area contributed by atoms with Crippen LogP contribution in [0, 0.1) is 3.57 Å². The van der Waals surface area contributed by atoms with E-state index in [1.54, 1.807) is 4.52 Å². The maximum atomic E-state index is 5.67. The van der Waals surface area contributed by atoms with Crippen molar-refractivity contribution in [1.29, 1.82) is 0 Å². The van der Waals surface area contributed by atoms with Crippen molar-refractivity contribution in [3.63, 3.8) is 0 Å². The largest absolute Gasteiger partial charge is 0.382 e. The molecular weight excluding hydrogens is 335 g/mol. The summed E-state index contributed by atoms with van der Waals surface area (Å²) in [5, 5.41) is 4.04. The highest BCUT2D eigenvalue weighted by atomic mass is 127. The predicted octanol–water partition coefficient (Wildman–Crippen LogP) is 1.68. The Hall–Kier alpha value is -0.370. The average molecular weight is 339 g/mol. The summed E-state index contributed by atoms with van der Waals surface area (Å²) in [7, 11) is 0. The van der Waals surface area contributed by atoms with E-state index in [2.05, 4.69) is 48.6 Å². The number of aromatic nitrogens is 3. The molecule has 0 spiro atoms. The smallest absolute Gasteiger partial charge is 0.152 e. The summed E-state index contributed by atoms with van der Waals surface area (Å²) in [6.45, 7) is 0. The first kappa shape index (κ1) is 8.24. The number of nitrogens with two attached hydrogens (primary N) is 1. The number of halogens is 2. The number of fused-ring (bicyclic) bond motifs is 1. The van der Waals surface area contributed by atoms with E-state index < -0.39 is 0 Å². The molecule has 0 radical (unpaired) electrons. The van der Waals surface area contributed by atoms with Crippen LogP contribution >= 0.6 is 38.5 Å². The molecule has 0 saturated heterocycles. The summed E-state index contributed by atoms with van der Waals surface area (Å²) in [5.41, 5.74) is 6.52. The van der Waals surface area contributed by atoms with Crippen LogP contribution in [0.5, 0.6) is 0 Å². The Morgan fingerprint density at radius 2 is 2.33 bits per heavy atom. The van der Waals surface area contributed by atoms with E-state index in [9.17, 15) is 0 Å². The lowest BCUT2D eigenvalue weighted by atomic mass is 10.5. The van der Waals surface area contributed by atoms with Gasteiger partial charge in [-0.1, -0.05) is 0 Å². The standard InChI is InChI=1S/C6H4BrIN4/c7-4-1-3(8)5-6(9)10-2-11-12(4)5/h1-2H,(H2,9,10,11).